The summed E-state index contributed by atoms with van der Waals surface area (Å²) in [6.45, 7) is 0. The highest BCUT2D eigenvalue weighted by Gasteiger charge is 2.08. The van der Waals surface area contributed by atoms with Crippen LogP contribution in [0.4, 0.5) is 0 Å². The number of allylic oxidation sites excluding steroid dienone is 1. The number of dihydropyridines is 1. The molecule has 4 heteroatoms. The van der Waals surface area contributed by atoms with Crippen molar-refractivity contribution >= 4 is 12.1 Å². The van der Waals surface area contributed by atoms with Gasteiger partial charge in [0, 0.05) is 12.6 Å². The SMILES string of the molecule is N=C1N=CCC(O)=C1N. The van der Waals surface area contributed by atoms with Crippen LogP contribution >= 0.6 is 0 Å². The van der Waals surface area contributed by atoms with Gasteiger partial charge in [0.25, 0.3) is 0 Å². The molecular weight excluding hydrogens is 118 g/mol. The molecule has 0 amide bonds. The lowest BCUT2D eigenvalue weighted by atomic mass is 10.2. The molecule has 0 radical (unpaired) electrons. The highest BCUT2D eigenvalue weighted by molar-refractivity contribution is 6.02. The van der Waals surface area contributed by atoms with E-state index in [2.05, 4.69) is 4.99 Å². The summed E-state index contributed by atoms with van der Waals surface area (Å²) in [5.41, 5.74) is 5.29. The first-order valence-corrected chi connectivity index (χ1v) is 2.51. The molecular formula is C5H7N3O. The molecule has 0 fully saturated rings. The Balaban J connectivity index is 2.92. The number of nitrogens with two attached hydrogens (primary N) is 1. The van der Waals surface area contributed by atoms with E-state index in [4.69, 9.17) is 16.2 Å². The molecule has 1 rings (SSSR count). The number of hydrogen-bond acceptors (Lipinski definition) is 3. The number of aliphatic imine (C=N–C) groups is 1. The molecule has 1 aliphatic rings. The van der Waals surface area contributed by atoms with Crippen LogP contribution in [0.15, 0.2) is 16.4 Å². The molecule has 0 aliphatic carbocycles. The van der Waals surface area contributed by atoms with Crippen LogP contribution in [0.1, 0.15) is 6.42 Å². The quantitative estimate of drug-likeness (QED) is 0.431. The Kier molecular flexibility index (Phi) is 1.22. The lowest BCUT2D eigenvalue weighted by Crippen LogP contribution is -2.15. The number of nitrogens with one attached hydrogen (secondary N) is 1. The van der Waals surface area contributed by atoms with Crippen LogP contribution in [0, 0.1) is 5.41 Å². The predicted molar refractivity (Wildman–Crippen MR) is 34.7 cm³/mol. The van der Waals surface area contributed by atoms with E-state index in [1.54, 1.807) is 0 Å². The fraction of sp³-hybridized carbons (Fsp3) is 0.200. The van der Waals surface area contributed by atoms with E-state index in [0.717, 1.165) is 0 Å². The van der Waals surface area contributed by atoms with E-state index in [1.807, 2.05) is 0 Å². The zero-order chi connectivity index (χ0) is 6.85. The third-order valence-electron chi connectivity index (χ3n) is 1.07. The zero-order valence-corrected chi connectivity index (χ0v) is 4.76. The first kappa shape index (κ1) is 5.81. The summed E-state index contributed by atoms with van der Waals surface area (Å²) < 4.78 is 0. The highest BCUT2D eigenvalue weighted by atomic mass is 16.3. The van der Waals surface area contributed by atoms with Crippen molar-refractivity contribution in [1.29, 1.82) is 5.41 Å². The molecule has 0 atom stereocenters. The van der Waals surface area contributed by atoms with Crippen molar-refractivity contribution < 1.29 is 5.11 Å². The van der Waals surface area contributed by atoms with Gasteiger partial charge < -0.3 is 10.8 Å². The minimum absolute atomic E-state index is 0.0370. The van der Waals surface area contributed by atoms with Gasteiger partial charge in [-0.05, 0) is 0 Å². The van der Waals surface area contributed by atoms with Gasteiger partial charge in [0.2, 0.25) is 0 Å². The summed E-state index contributed by atoms with van der Waals surface area (Å²) in [6.07, 6.45) is 1.79. The average Bonchev–Trinajstić information content (AvgIpc) is 1.83. The maximum absolute atomic E-state index is 8.87. The molecule has 0 unspecified atom stereocenters. The first-order chi connectivity index (χ1) is 4.22. The summed E-state index contributed by atoms with van der Waals surface area (Å²) in [4.78, 5) is 3.58. The van der Waals surface area contributed by atoms with Crippen molar-refractivity contribution in [2.45, 2.75) is 6.42 Å². The molecule has 9 heavy (non-hydrogen) atoms. The molecule has 0 saturated heterocycles. The van der Waals surface area contributed by atoms with Crippen molar-refractivity contribution in [3.63, 3.8) is 0 Å². The lowest BCUT2D eigenvalue weighted by Gasteiger charge is -2.05. The van der Waals surface area contributed by atoms with Gasteiger partial charge in [-0.1, -0.05) is 0 Å². The minimum atomic E-state index is -0.0567. The van der Waals surface area contributed by atoms with Gasteiger partial charge in [-0.25, -0.2) is 4.99 Å². The summed E-state index contributed by atoms with van der Waals surface area (Å²) in [5.74, 6) is -0.0197. The van der Waals surface area contributed by atoms with E-state index in [0.29, 0.717) is 6.42 Å². The van der Waals surface area contributed by atoms with E-state index < -0.39 is 0 Å². The zero-order valence-electron chi connectivity index (χ0n) is 4.76. The van der Waals surface area contributed by atoms with E-state index in [9.17, 15) is 0 Å². The largest absolute Gasteiger partial charge is 0.510 e. The van der Waals surface area contributed by atoms with Gasteiger partial charge in [0.05, 0.1) is 0 Å². The van der Waals surface area contributed by atoms with Crippen LogP contribution in [-0.4, -0.2) is 17.2 Å². The molecule has 0 aromatic rings. The number of nitrogens with zero attached hydrogens (tertiary/aromatic N) is 1. The fourth-order valence-corrected chi connectivity index (χ4v) is 0.540. The molecule has 1 heterocycles. The summed E-state index contributed by atoms with van der Waals surface area (Å²) in [6, 6.07) is 0. The van der Waals surface area contributed by atoms with Gasteiger partial charge in [0.15, 0.2) is 5.84 Å². The van der Waals surface area contributed by atoms with Crippen LogP contribution in [0.25, 0.3) is 0 Å². The van der Waals surface area contributed by atoms with Crippen molar-refractivity contribution in [2.24, 2.45) is 10.7 Å². The van der Waals surface area contributed by atoms with Crippen LogP contribution in [0.3, 0.4) is 0 Å². The van der Waals surface area contributed by atoms with Crippen molar-refractivity contribution in [3.05, 3.63) is 11.5 Å². The maximum atomic E-state index is 8.87. The van der Waals surface area contributed by atoms with Crippen molar-refractivity contribution in [3.8, 4) is 0 Å². The van der Waals surface area contributed by atoms with Gasteiger partial charge in [-0.15, -0.1) is 0 Å². The lowest BCUT2D eigenvalue weighted by molar-refractivity contribution is 0.400. The molecule has 0 aromatic carbocycles. The minimum Gasteiger partial charge on any atom is -0.510 e. The van der Waals surface area contributed by atoms with Crippen LogP contribution in [-0.2, 0) is 0 Å². The molecule has 4 N–H and O–H groups in total. The Morgan fingerprint density at radius 1 is 1.78 bits per heavy atom. The van der Waals surface area contributed by atoms with Gasteiger partial charge in [-0.2, -0.15) is 0 Å². The van der Waals surface area contributed by atoms with Crippen LogP contribution < -0.4 is 5.73 Å². The van der Waals surface area contributed by atoms with Crippen molar-refractivity contribution in [2.75, 3.05) is 0 Å². The summed E-state index contributed by atoms with van der Waals surface area (Å²) in [7, 11) is 0. The third-order valence-corrected chi connectivity index (χ3v) is 1.07. The summed E-state index contributed by atoms with van der Waals surface area (Å²) >= 11 is 0. The topological polar surface area (TPSA) is 82.5 Å². The normalized spacial score (nSPS) is 18.9. The maximum Gasteiger partial charge on any atom is 0.171 e. The standard InChI is InChI=1S/C5H7N3O/c6-4-3(9)1-2-8-5(4)7/h2,7,9H,1,6H2. The van der Waals surface area contributed by atoms with Crippen molar-refractivity contribution in [1.82, 2.24) is 0 Å². The second-order valence-electron chi connectivity index (χ2n) is 1.72. The smallest absolute Gasteiger partial charge is 0.171 e. The van der Waals surface area contributed by atoms with E-state index >= 15 is 0 Å². The third kappa shape index (κ3) is 0.910. The first-order valence-electron chi connectivity index (χ1n) is 2.51. The number of aliphatic hydroxyl groups excluding tert-OH is 1. The average molecular weight is 125 g/mol. The Bertz CT molecular complexity index is 204. The molecule has 48 valence electrons. The highest BCUT2D eigenvalue weighted by Crippen LogP contribution is 2.05. The van der Waals surface area contributed by atoms with E-state index in [1.165, 1.54) is 6.21 Å². The molecule has 4 nitrogen and oxygen atoms in total. The molecule has 0 saturated carbocycles. The van der Waals surface area contributed by atoms with Gasteiger partial charge in [0.1, 0.15) is 11.5 Å². The Morgan fingerprint density at radius 3 is 2.89 bits per heavy atom. The molecule has 0 bridgehead atoms. The van der Waals surface area contributed by atoms with E-state index in [-0.39, 0.29) is 17.3 Å². The fourth-order valence-electron chi connectivity index (χ4n) is 0.540. The number of hydrogen-bond donors (Lipinski definition) is 3. The Labute approximate surface area is 52.2 Å². The van der Waals surface area contributed by atoms with Gasteiger partial charge >= 0.3 is 0 Å². The number of aliphatic hydroxyl groups is 1. The second kappa shape index (κ2) is 1.89. The number of amidine groups is 1. The predicted octanol–water partition coefficient (Wildman–Crippen LogP) is 0.166. The van der Waals surface area contributed by atoms with Crippen LogP contribution in [0.2, 0.25) is 0 Å². The Morgan fingerprint density at radius 2 is 2.44 bits per heavy atom. The monoisotopic (exact) mass is 125 g/mol. The number of rotatable bonds is 0. The molecule has 1 aliphatic heterocycles. The molecule has 0 spiro atoms. The Hall–Kier alpha value is -1.32. The van der Waals surface area contributed by atoms with Gasteiger partial charge in [-0.3, -0.25) is 5.41 Å². The summed E-state index contributed by atoms with van der Waals surface area (Å²) in [5, 5.41) is 15.9. The second-order valence-corrected chi connectivity index (χ2v) is 1.72. The van der Waals surface area contributed by atoms with Crippen LogP contribution in [0.5, 0.6) is 0 Å². The molecule has 0 aromatic heterocycles.